The van der Waals surface area contributed by atoms with Gasteiger partial charge in [0.15, 0.2) is 0 Å². The number of aromatic carboxylic acids is 1. The molecule has 1 aliphatic heterocycles. The second-order valence-corrected chi connectivity index (χ2v) is 6.00. The van der Waals surface area contributed by atoms with Crippen molar-refractivity contribution in [2.75, 3.05) is 25.0 Å². The van der Waals surface area contributed by atoms with Crippen LogP contribution in [-0.2, 0) is 0 Å². The molecule has 20 heavy (non-hydrogen) atoms. The van der Waals surface area contributed by atoms with Crippen molar-refractivity contribution in [1.82, 2.24) is 4.90 Å². The lowest BCUT2D eigenvalue weighted by molar-refractivity contribution is 0.0697. The lowest BCUT2D eigenvalue weighted by Gasteiger charge is -2.26. The molecular formula is C15H20N2O3. The van der Waals surface area contributed by atoms with Gasteiger partial charge < -0.3 is 10.0 Å². The number of carboxylic acids is 1. The van der Waals surface area contributed by atoms with Gasteiger partial charge >= 0.3 is 12.0 Å². The standard InChI is InChI=1S/C15H20N2O3/c1-15(2)8-9-17(10-15)14(20)16(3)12-7-5-4-6-11(12)13(18)19/h4-7H,8-10H2,1-3H3,(H,18,19). The Labute approximate surface area is 118 Å². The fourth-order valence-corrected chi connectivity index (χ4v) is 2.54. The summed E-state index contributed by atoms with van der Waals surface area (Å²) in [5.41, 5.74) is 0.694. The van der Waals surface area contributed by atoms with Crippen LogP contribution < -0.4 is 4.90 Å². The lowest BCUT2D eigenvalue weighted by atomic mass is 9.93. The number of anilines is 1. The third kappa shape index (κ3) is 2.76. The van der Waals surface area contributed by atoms with Gasteiger partial charge in [-0.05, 0) is 24.0 Å². The predicted octanol–water partition coefficient (Wildman–Crippen LogP) is 2.67. The van der Waals surface area contributed by atoms with Gasteiger partial charge in [-0.15, -0.1) is 0 Å². The number of carbonyl (C=O) groups excluding carboxylic acids is 1. The number of nitrogens with zero attached hydrogens (tertiary/aromatic N) is 2. The van der Waals surface area contributed by atoms with Crippen molar-refractivity contribution in [1.29, 1.82) is 0 Å². The van der Waals surface area contributed by atoms with Gasteiger partial charge in [0.1, 0.15) is 0 Å². The molecular weight excluding hydrogens is 256 g/mol. The van der Waals surface area contributed by atoms with E-state index >= 15 is 0 Å². The van der Waals surface area contributed by atoms with Crippen molar-refractivity contribution in [3.63, 3.8) is 0 Å². The lowest BCUT2D eigenvalue weighted by Crippen LogP contribution is -2.41. The van der Waals surface area contributed by atoms with Crippen molar-refractivity contribution >= 4 is 17.7 Å². The number of likely N-dealkylation sites (tertiary alicyclic amines) is 1. The van der Waals surface area contributed by atoms with Gasteiger partial charge in [-0.3, -0.25) is 4.90 Å². The van der Waals surface area contributed by atoms with Gasteiger partial charge in [0, 0.05) is 20.1 Å². The summed E-state index contributed by atoms with van der Waals surface area (Å²) in [6.07, 6.45) is 0.965. The first-order valence-electron chi connectivity index (χ1n) is 6.67. The van der Waals surface area contributed by atoms with Crippen LogP contribution in [0.4, 0.5) is 10.5 Å². The summed E-state index contributed by atoms with van der Waals surface area (Å²) < 4.78 is 0. The van der Waals surface area contributed by atoms with Crippen molar-refractivity contribution in [3.05, 3.63) is 29.8 Å². The first-order valence-corrected chi connectivity index (χ1v) is 6.67. The quantitative estimate of drug-likeness (QED) is 0.903. The summed E-state index contributed by atoms with van der Waals surface area (Å²) in [5.74, 6) is -1.03. The van der Waals surface area contributed by atoms with Crippen LogP contribution in [0.15, 0.2) is 24.3 Å². The average molecular weight is 276 g/mol. The highest BCUT2D eigenvalue weighted by molar-refractivity contribution is 6.01. The second-order valence-electron chi connectivity index (χ2n) is 6.00. The summed E-state index contributed by atoms with van der Waals surface area (Å²) in [6, 6.07) is 6.41. The molecule has 1 saturated heterocycles. The monoisotopic (exact) mass is 276 g/mol. The Balaban J connectivity index is 2.22. The highest BCUT2D eigenvalue weighted by Crippen LogP contribution is 2.30. The number of benzene rings is 1. The summed E-state index contributed by atoms with van der Waals surface area (Å²) in [6.45, 7) is 5.67. The molecule has 2 rings (SSSR count). The van der Waals surface area contributed by atoms with Gasteiger partial charge in [-0.25, -0.2) is 9.59 Å². The Morgan fingerprint density at radius 2 is 1.95 bits per heavy atom. The molecule has 2 amide bonds. The zero-order valence-electron chi connectivity index (χ0n) is 12.1. The van der Waals surface area contributed by atoms with E-state index in [1.165, 1.54) is 11.0 Å². The van der Waals surface area contributed by atoms with Crippen LogP contribution in [0.5, 0.6) is 0 Å². The molecule has 1 N–H and O–H groups in total. The molecule has 0 radical (unpaired) electrons. The molecule has 5 nitrogen and oxygen atoms in total. The SMILES string of the molecule is CN(C(=O)N1CCC(C)(C)C1)c1ccccc1C(=O)O. The number of carbonyl (C=O) groups is 2. The molecule has 0 saturated carbocycles. The van der Waals surface area contributed by atoms with Crippen LogP contribution in [-0.4, -0.2) is 42.1 Å². The Bertz CT molecular complexity index is 540. The molecule has 1 aromatic rings. The number of hydrogen-bond donors (Lipinski definition) is 1. The number of urea groups is 1. The average Bonchev–Trinajstić information content (AvgIpc) is 2.77. The number of amides is 2. The van der Waals surface area contributed by atoms with Crippen molar-refractivity contribution in [3.8, 4) is 0 Å². The zero-order valence-corrected chi connectivity index (χ0v) is 12.1. The molecule has 1 fully saturated rings. The maximum atomic E-state index is 12.5. The molecule has 0 bridgehead atoms. The van der Waals surface area contributed by atoms with Crippen LogP contribution in [0.2, 0.25) is 0 Å². The Morgan fingerprint density at radius 3 is 2.50 bits per heavy atom. The molecule has 108 valence electrons. The molecule has 1 aromatic carbocycles. The minimum atomic E-state index is -1.03. The molecule has 1 aliphatic rings. The van der Waals surface area contributed by atoms with Gasteiger partial charge in [0.25, 0.3) is 0 Å². The van der Waals surface area contributed by atoms with Crippen LogP contribution in [0.25, 0.3) is 0 Å². The second kappa shape index (κ2) is 5.15. The number of rotatable bonds is 2. The Morgan fingerprint density at radius 1 is 1.30 bits per heavy atom. The Kier molecular flexibility index (Phi) is 3.70. The van der Waals surface area contributed by atoms with E-state index < -0.39 is 5.97 Å². The number of para-hydroxylation sites is 1. The molecule has 0 atom stereocenters. The molecule has 0 unspecified atom stereocenters. The first kappa shape index (κ1) is 14.4. The van der Waals surface area contributed by atoms with Crippen molar-refractivity contribution < 1.29 is 14.7 Å². The maximum absolute atomic E-state index is 12.5. The number of carboxylic acid groups (broad SMARTS) is 1. The third-order valence-corrected chi connectivity index (χ3v) is 3.73. The van der Waals surface area contributed by atoms with Crippen LogP contribution in [0, 0.1) is 5.41 Å². The summed E-state index contributed by atoms with van der Waals surface area (Å²) in [5, 5.41) is 9.19. The molecule has 1 heterocycles. The fourth-order valence-electron chi connectivity index (χ4n) is 2.54. The highest BCUT2D eigenvalue weighted by Gasteiger charge is 2.34. The molecule has 0 aromatic heterocycles. The van der Waals surface area contributed by atoms with Crippen molar-refractivity contribution in [2.45, 2.75) is 20.3 Å². The Hall–Kier alpha value is -2.04. The minimum Gasteiger partial charge on any atom is -0.478 e. The van der Waals surface area contributed by atoms with Crippen LogP contribution in [0.3, 0.4) is 0 Å². The van der Waals surface area contributed by atoms with E-state index in [2.05, 4.69) is 13.8 Å². The van der Waals surface area contributed by atoms with Gasteiger partial charge in [-0.1, -0.05) is 26.0 Å². The topological polar surface area (TPSA) is 60.9 Å². The van der Waals surface area contributed by atoms with E-state index in [-0.39, 0.29) is 17.0 Å². The van der Waals surface area contributed by atoms with Gasteiger partial charge in [0.05, 0.1) is 11.3 Å². The van der Waals surface area contributed by atoms with Gasteiger partial charge in [-0.2, -0.15) is 0 Å². The van der Waals surface area contributed by atoms with Crippen LogP contribution in [0.1, 0.15) is 30.6 Å². The van der Waals surface area contributed by atoms with E-state index in [1.807, 2.05) is 0 Å². The summed E-state index contributed by atoms with van der Waals surface area (Å²) in [7, 11) is 1.62. The third-order valence-electron chi connectivity index (χ3n) is 3.73. The summed E-state index contributed by atoms with van der Waals surface area (Å²) in [4.78, 5) is 26.9. The highest BCUT2D eigenvalue weighted by atomic mass is 16.4. The fraction of sp³-hybridized carbons (Fsp3) is 0.467. The number of hydrogen-bond acceptors (Lipinski definition) is 2. The van der Waals surface area contributed by atoms with Gasteiger partial charge in [0.2, 0.25) is 0 Å². The molecule has 0 aliphatic carbocycles. The van der Waals surface area contributed by atoms with Crippen LogP contribution >= 0.6 is 0 Å². The van der Waals surface area contributed by atoms with Crippen molar-refractivity contribution in [2.24, 2.45) is 5.41 Å². The molecule has 0 spiro atoms. The maximum Gasteiger partial charge on any atom is 0.337 e. The zero-order chi connectivity index (χ0) is 14.9. The van der Waals surface area contributed by atoms with E-state index in [0.717, 1.165) is 6.42 Å². The minimum absolute atomic E-state index is 0.128. The summed E-state index contributed by atoms with van der Waals surface area (Å²) >= 11 is 0. The van der Waals surface area contributed by atoms with E-state index in [0.29, 0.717) is 18.8 Å². The van der Waals surface area contributed by atoms with E-state index in [1.54, 1.807) is 30.1 Å². The normalized spacial score (nSPS) is 17.1. The largest absolute Gasteiger partial charge is 0.478 e. The first-order chi connectivity index (χ1) is 9.32. The molecule has 5 heteroatoms. The van der Waals surface area contributed by atoms with E-state index in [9.17, 15) is 14.7 Å². The van der Waals surface area contributed by atoms with E-state index in [4.69, 9.17) is 0 Å². The smallest absolute Gasteiger partial charge is 0.337 e. The predicted molar refractivity (Wildman–Crippen MR) is 77.2 cm³/mol.